The number of rotatable bonds is 3. The molecule has 5 heteroatoms. The molecule has 1 heterocycles. The Bertz CT molecular complexity index is 182. The normalized spacial score (nSPS) is 37.3. The summed E-state index contributed by atoms with van der Waals surface area (Å²) in [4.78, 5) is 10.7. The molecular formula is C7H17NO2Si2. The number of carbonyl (C=O) groups is 1. The molecule has 1 fully saturated rings. The van der Waals surface area contributed by atoms with Gasteiger partial charge in [0.1, 0.15) is 6.04 Å². The molecule has 0 aromatic carbocycles. The van der Waals surface area contributed by atoms with Crippen molar-refractivity contribution in [1.82, 2.24) is 5.32 Å². The third-order valence-corrected chi connectivity index (χ3v) is 10.2. The maximum absolute atomic E-state index is 10.7. The molecule has 2 N–H and O–H groups in total. The van der Waals surface area contributed by atoms with Gasteiger partial charge in [-0.1, -0.05) is 13.1 Å². The molecule has 0 aliphatic carbocycles. The van der Waals surface area contributed by atoms with Crippen LogP contribution in [0.5, 0.6) is 0 Å². The molecule has 1 saturated heterocycles. The molecule has 0 bridgehead atoms. The van der Waals surface area contributed by atoms with Crippen LogP contribution in [0.2, 0.25) is 17.8 Å². The van der Waals surface area contributed by atoms with Crippen LogP contribution in [0, 0.1) is 0 Å². The van der Waals surface area contributed by atoms with Crippen molar-refractivity contribution in [3.05, 3.63) is 0 Å². The number of hydrogen-bond donors (Lipinski definition) is 2. The summed E-state index contributed by atoms with van der Waals surface area (Å²) in [5.41, 5.74) is 0. The third-order valence-electron chi connectivity index (χ3n) is 3.16. The summed E-state index contributed by atoms with van der Waals surface area (Å²) < 4.78 is 0.517. The summed E-state index contributed by atoms with van der Waals surface area (Å²) in [5, 5.41) is 11.9. The van der Waals surface area contributed by atoms with E-state index >= 15 is 0 Å². The fourth-order valence-electron chi connectivity index (χ4n) is 1.88. The van der Waals surface area contributed by atoms with Gasteiger partial charge in [0, 0.05) is 19.0 Å². The first-order chi connectivity index (χ1) is 5.63. The third kappa shape index (κ3) is 1.78. The average molecular weight is 203 g/mol. The zero-order valence-electron chi connectivity index (χ0n) is 7.76. The van der Waals surface area contributed by atoms with Gasteiger partial charge >= 0.3 is 5.97 Å². The number of nitrogens with one attached hydrogen (secondary N) is 1. The van der Waals surface area contributed by atoms with Crippen molar-refractivity contribution in [2.75, 3.05) is 6.54 Å². The van der Waals surface area contributed by atoms with E-state index in [0.717, 1.165) is 13.0 Å². The van der Waals surface area contributed by atoms with E-state index in [1.807, 2.05) is 0 Å². The van der Waals surface area contributed by atoms with E-state index in [1.54, 1.807) is 0 Å². The van der Waals surface area contributed by atoms with Crippen molar-refractivity contribution in [2.24, 2.45) is 0 Å². The van der Waals surface area contributed by atoms with Gasteiger partial charge in [-0.25, -0.2) is 0 Å². The van der Waals surface area contributed by atoms with Crippen LogP contribution >= 0.6 is 0 Å². The minimum atomic E-state index is -0.665. The fraction of sp³-hybridized carbons (Fsp3) is 0.857. The molecule has 1 aliphatic heterocycles. The van der Waals surface area contributed by atoms with Gasteiger partial charge in [-0.3, -0.25) is 4.79 Å². The smallest absolute Gasteiger partial charge is 0.320 e. The van der Waals surface area contributed by atoms with Crippen molar-refractivity contribution < 1.29 is 9.90 Å². The lowest BCUT2D eigenvalue weighted by molar-refractivity contribution is -0.139. The predicted molar refractivity (Wildman–Crippen MR) is 55.6 cm³/mol. The summed E-state index contributed by atoms with van der Waals surface area (Å²) in [6, 6.07) is -0.245. The first-order valence-corrected chi connectivity index (χ1v) is 8.84. The molecule has 1 aliphatic rings. The van der Waals surface area contributed by atoms with Crippen molar-refractivity contribution >= 4 is 25.0 Å². The summed E-state index contributed by atoms with van der Waals surface area (Å²) in [6.45, 7) is 5.60. The van der Waals surface area contributed by atoms with E-state index < -0.39 is 5.97 Å². The Balaban J connectivity index is 2.58. The largest absolute Gasteiger partial charge is 0.480 e. The van der Waals surface area contributed by atoms with Crippen LogP contribution in [0.1, 0.15) is 6.42 Å². The van der Waals surface area contributed by atoms with Gasteiger partial charge in [0.05, 0.1) is 0 Å². The number of aliphatic carboxylic acids is 1. The highest BCUT2D eigenvalue weighted by atomic mass is 28.3. The van der Waals surface area contributed by atoms with Gasteiger partial charge in [0.25, 0.3) is 0 Å². The van der Waals surface area contributed by atoms with Crippen LogP contribution in [0.15, 0.2) is 0 Å². The van der Waals surface area contributed by atoms with Crippen molar-refractivity contribution in [2.45, 2.75) is 30.2 Å². The maximum atomic E-state index is 10.7. The molecule has 70 valence electrons. The van der Waals surface area contributed by atoms with Gasteiger partial charge in [0.15, 0.2) is 0 Å². The van der Waals surface area contributed by atoms with Crippen LogP contribution in [-0.2, 0) is 4.79 Å². The Morgan fingerprint density at radius 3 is 2.42 bits per heavy atom. The van der Waals surface area contributed by atoms with Gasteiger partial charge in [-0.2, -0.15) is 0 Å². The van der Waals surface area contributed by atoms with E-state index in [4.69, 9.17) is 5.11 Å². The molecule has 3 nitrogen and oxygen atoms in total. The second-order valence-corrected chi connectivity index (χ2v) is 9.10. The Labute approximate surface area is 77.6 Å². The van der Waals surface area contributed by atoms with Crippen molar-refractivity contribution in [3.8, 4) is 0 Å². The van der Waals surface area contributed by atoms with Crippen LogP contribution in [-0.4, -0.2) is 42.7 Å². The van der Waals surface area contributed by atoms with E-state index in [2.05, 4.69) is 18.4 Å². The summed E-state index contributed by atoms with van der Waals surface area (Å²) in [7, 11) is -0.0886. The highest BCUT2D eigenvalue weighted by molar-refractivity contribution is 6.61. The average Bonchev–Trinajstić information content (AvgIpc) is 2.49. The molecular weight excluding hydrogens is 186 g/mol. The van der Waals surface area contributed by atoms with Crippen LogP contribution in [0.25, 0.3) is 0 Å². The van der Waals surface area contributed by atoms with Crippen LogP contribution < -0.4 is 5.32 Å². The first kappa shape index (κ1) is 9.95. The SMILES string of the molecule is C[SiH2]C1([SiH2]C)CN[C@H](C(=O)O)C1. The topological polar surface area (TPSA) is 49.3 Å². The molecule has 0 saturated carbocycles. The van der Waals surface area contributed by atoms with Crippen LogP contribution in [0.4, 0.5) is 0 Å². The molecule has 0 unspecified atom stereocenters. The van der Waals surface area contributed by atoms with Crippen LogP contribution in [0.3, 0.4) is 0 Å². The number of carboxylic acids is 1. The standard InChI is InChI=1S/C7H17NO2Si2/c1-11-7(12-2)3-5(6(9)10)8-4-7/h5,8H,3-4,11-12H2,1-2H3,(H,9,10)/t5-/m0/s1. The van der Waals surface area contributed by atoms with E-state index in [9.17, 15) is 4.79 Å². The minimum absolute atomic E-state index is 0.0443. The lowest BCUT2D eigenvalue weighted by Crippen LogP contribution is -2.30. The van der Waals surface area contributed by atoms with Gasteiger partial charge in [0.2, 0.25) is 0 Å². The lowest BCUT2D eigenvalue weighted by atomic mass is 10.2. The maximum Gasteiger partial charge on any atom is 0.320 e. The van der Waals surface area contributed by atoms with Gasteiger partial charge in [-0.05, 0) is 17.6 Å². The molecule has 12 heavy (non-hydrogen) atoms. The van der Waals surface area contributed by atoms with Crippen molar-refractivity contribution in [1.29, 1.82) is 0 Å². The summed E-state index contributed by atoms with van der Waals surface area (Å²) in [6.07, 6.45) is 0.910. The predicted octanol–water partition coefficient (Wildman–Crippen LogP) is -1.02. The summed E-state index contributed by atoms with van der Waals surface area (Å²) >= 11 is 0. The number of carboxylic acid groups (broad SMARTS) is 1. The molecule has 1 rings (SSSR count). The molecule has 1 atom stereocenters. The first-order valence-electron chi connectivity index (χ1n) is 4.60. The zero-order valence-corrected chi connectivity index (χ0v) is 10.6. The Kier molecular flexibility index (Phi) is 3.08. The minimum Gasteiger partial charge on any atom is -0.480 e. The Hall–Kier alpha value is -0.136. The second kappa shape index (κ2) is 3.72. The lowest BCUT2D eigenvalue weighted by Gasteiger charge is -2.23. The fourth-order valence-corrected chi connectivity index (χ4v) is 5.82. The van der Waals surface area contributed by atoms with Crippen molar-refractivity contribution in [3.63, 3.8) is 0 Å². The number of hydrogen-bond acceptors (Lipinski definition) is 2. The molecule has 0 aromatic heterocycles. The van der Waals surface area contributed by atoms with E-state index in [0.29, 0.717) is 4.66 Å². The zero-order chi connectivity index (χ0) is 9.19. The molecule has 0 spiro atoms. The monoisotopic (exact) mass is 203 g/mol. The summed E-state index contributed by atoms with van der Waals surface area (Å²) in [5.74, 6) is -0.665. The highest BCUT2D eigenvalue weighted by Crippen LogP contribution is 2.33. The van der Waals surface area contributed by atoms with Gasteiger partial charge in [-0.15, -0.1) is 0 Å². The Morgan fingerprint density at radius 2 is 2.17 bits per heavy atom. The Morgan fingerprint density at radius 1 is 1.58 bits per heavy atom. The van der Waals surface area contributed by atoms with Gasteiger partial charge < -0.3 is 10.4 Å². The molecule has 0 aromatic rings. The molecule has 0 radical (unpaired) electrons. The molecule has 0 amide bonds. The van der Waals surface area contributed by atoms with E-state index in [-0.39, 0.29) is 25.1 Å². The quantitative estimate of drug-likeness (QED) is 0.578. The second-order valence-electron chi connectivity index (χ2n) is 3.68. The van der Waals surface area contributed by atoms with E-state index in [1.165, 1.54) is 0 Å². The highest BCUT2D eigenvalue weighted by Gasteiger charge is 2.39.